The number of hydrogen-bond acceptors (Lipinski definition) is 5. The number of aliphatic imine (C=N–C) groups is 1. The summed E-state index contributed by atoms with van der Waals surface area (Å²) in [6.45, 7) is 9.10. The zero-order chi connectivity index (χ0) is 20.6. The van der Waals surface area contributed by atoms with Crippen LogP contribution in [0.15, 0.2) is 40.8 Å². The predicted molar refractivity (Wildman–Crippen MR) is 126 cm³/mol. The summed E-state index contributed by atoms with van der Waals surface area (Å²) in [5.74, 6) is 1.97. The third kappa shape index (κ3) is 5.52. The minimum Gasteiger partial charge on any atom is -0.357 e. The molecule has 2 aromatic heterocycles. The smallest absolute Gasteiger partial charge is 0.191 e. The van der Waals surface area contributed by atoms with Gasteiger partial charge in [-0.05, 0) is 68.8 Å². The van der Waals surface area contributed by atoms with Crippen molar-refractivity contribution in [3.8, 4) is 0 Å². The van der Waals surface area contributed by atoms with Crippen LogP contribution in [0.1, 0.15) is 49.1 Å². The molecule has 0 radical (unpaired) electrons. The number of rotatable bonds is 8. The zero-order valence-electron chi connectivity index (χ0n) is 18.0. The van der Waals surface area contributed by atoms with Crippen LogP contribution in [0.2, 0.25) is 0 Å². The monoisotopic (exact) mass is 426 g/mol. The van der Waals surface area contributed by atoms with Crippen LogP contribution in [0.3, 0.4) is 0 Å². The summed E-state index contributed by atoms with van der Waals surface area (Å²) < 4.78 is 0. The molecule has 0 bridgehead atoms. The van der Waals surface area contributed by atoms with Gasteiger partial charge in [0, 0.05) is 37.3 Å². The molecule has 1 atom stereocenters. The second-order valence-corrected chi connectivity index (χ2v) is 9.05. The van der Waals surface area contributed by atoms with E-state index in [0.717, 1.165) is 43.5 Å². The zero-order valence-corrected chi connectivity index (χ0v) is 18.8. The summed E-state index contributed by atoms with van der Waals surface area (Å²) in [5, 5.41) is 9.16. The lowest BCUT2D eigenvalue weighted by molar-refractivity contribution is 0.249. The van der Waals surface area contributed by atoms with Gasteiger partial charge < -0.3 is 15.5 Å². The maximum Gasteiger partial charge on any atom is 0.191 e. The molecule has 0 saturated carbocycles. The molecular weight excluding hydrogens is 392 g/mol. The van der Waals surface area contributed by atoms with Crippen LogP contribution in [-0.4, -0.2) is 55.1 Å². The first-order valence-electron chi connectivity index (χ1n) is 11.3. The van der Waals surface area contributed by atoms with E-state index in [0.29, 0.717) is 12.6 Å². The van der Waals surface area contributed by atoms with Crippen LogP contribution in [0.25, 0.3) is 0 Å². The maximum atomic E-state index is 4.82. The molecule has 4 rings (SSSR count). The Balaban J connectivity index is 1.36. The predicted octanol–water partition coefficient (Wildman–Crippen LogP) is 3.64. The van der Waals surface area contributed by atoms with Crippen molar-refractivity contribution in [3.05, 3.63) is 46.3 Å². The number of anilines is 1. The molecule has 7 heteroatoms. The van der Waals surface area contributed by atoms with E-state index in [4.69, 9.17) is 4.99 Å². The highest BCUT2D eigenvalue weighted by atomic mass is 32.1. The fourth-order valence-corrected chi connectivity index (χ4v) is 5.15. The number of nitrogens with one attached hydrogen (secondary N) is 2. The molecule has 4 heterocycles. The quantitative estimate of drug-likeness (QED) is 0.499. The van der Waals surface area contributed by atoms with Gasteiger partial charge in [-0.25, -0.2) is 9.98 Å². The van der Waals surface area contributed by atoms with Gasteiger partial charge >= 0.3 is 0 Å². The Morgan fingerprint density at radius 1 is 1.10 bits per heavy atom. The third-order valence-electron chi connectivity index (χ3n) is 5.92. The Kier molecular flexibility index (Phi) is 7.59. The summed E-state index contributed by atoms with van der Waals surface area (Å²) in [5.41, 5.74) is 1.14. The molecule has 0 aromatic carbocycles. The lowest BCUT2D eigenvalue weighted by Gasteiger charge is -2.27. The summed E-state index contributed by atoms with van der Waals surface area (Å²) in [6, 6.07) is 9.12. The molecule has 2 aliphatic heterocycles. The molecule has 162 valence electrons. The van der Waals surface area contributed by atoms with Crippen molar-refractivity contribution in [1.29, 1.82) is 0 Å². The lowest BCUT2D eigenvalue weighted by atomic mass is 10.2. The molecule has 2 saturated heterocycles. The average Bonchev–Trinajstić information content (AvgIpc) is 3.56. The molecule has 1 unspecified atom stereocenters. The minimum absolute atomic E-state index is 0.415. The van der Waals surface area contributed by atoms with Crippen LogP contribution < -0.4 is 15.5 Å². The van der Waals surface area contributed by atoms with Crippen LogP contribution in [-0.2, 0) is 6.54 Å². The number of likely N-dealkylation sites (tertiary alicyclic amines) is 1. The van der Waals surface area contributed by atoms with Crippen molar-refractivity contribution in [2.24, 2.45) is 4.99 Å². The van der Waals surface area contributed by atoms with Crippen molar-refractivity contribution in [2.45, 2.75) is 45.2 Å². The van der Waals surface area contributed by atoms with Gasteiger partial charge in [0.05, 0.1) is 12.6 Å². The Morgan fingerprint density at radius 3 is 2.57 bits per heavy atom. The van der Waals surface area contributed by atoms with Crippen LogP contribution in [0, 0.1) is 0 Å². The highest BCUT2D eigenvalue weighted by Crippen LogP contribution is 2.27. The van der Waals surface area contributed by atoms with E-state index in [-0.39, 0.29) is 0 Å². The summed E-state index contributed by atoms with van der Waals surface area (Å²) in [7, 11) is 0. The topological polar surface area (TPSA) is 55.8 Å². The number of thiophene rings is 1. The van der Waals surface area contributed by atoms with Crippen LogP contribution >= 0.6 is 11.3 Å². The maximum absolute atomic E-state index is 4.82. The van der Waals surface area contributed by atoms with Crippen LogP contribution in [0.4, 0.5) is 5.82 Å². The first-order chi connectivity index (χ1) is 14.8. The molecule has 0 spiro atoms. The molecule has 0 amide bonds. The van der Waals surface area contributed by atoms with Gasteiger partial charge in [0.25, 0.3) is 0 Å². The van der Waals surface area contributed by atoms with Gasteiger partial charge in [0.1, 0.15) is 5.82 Å². The number of pyridine rings is 1. The van der Waals surface area contributed by atoms with Crippen molar-refractivity contribution in [2.75, 3.05) is 44.2 Å². The normalized spacial score (nSPS) is 18.7. The summed E-state index contributed by atoms with van der Waals surface area (Å²) in [6.07, 6.45) is 7.12. The number of nitrogens with zero attached hydrogens (tertiary/aromatic N) is 4. The molecule has 30 heavy (non-hydrogen) atoms. The fourth-order valence-electron chi connectivity index (χ4n) is 4.29. The highest BCUT2D eigenvalue weighted by molar-refractivity contribution is 7.10. The van der Waals surface area contributed by atoms with Crippen molar-refractivity contribution in [1.82, 2.24) is 20.5 Å². The van der Waals surface area contributed by atoms with E-state index in [1.165, 1.54) is 43.6 Å². The Labute approximate surface area is 184 Å². The second kappa shape index (κ2) is 10.8. The van der Waals surface area contributed by atoms with E-state index >= 15 is 0 Å². The lowest BCUT2D eigenvalue weighted by Crippen LogP contribution is -2.42. The van der Waals surface area contributed by atoms with Gasteiger partial charge in [-0.3, -0.25) is 4.90 Å². The fraction of sp³-hybridized carbons (Fsp3) is 0.565. The standard InChI is InChI=1S/C23H34N6S/c1-2-24-23(26-17-19-9-10-22(25-16-19)29-13-5-6-14-29)27-18-20(21-8-7-15-30-21)28-11-3-4-12-28/h7-10,15-16,20H,2-6,11-14,17-18H2,1H3,(H2,24,26,27). The van der Waals surface area contributed by atoms with E-state index in [9.17, 15) is 0 Å². The third-order valence-corrected chi connectivity index (χ3v) is 6.89. The van der Waals surface area contributed by atoms with Crippen LogP contribution in [0.5, 0.6) is 0 Å². The molecule has 2 N–H and O–H groups in total. The molecule has 2 aliphatic rings. The van der Waals surface area contributed by atoms with Crippen molar-refractivity contribution >= 4 is 23.1 Å². The van der Waals surface area contributed by atoms with Gasteiger partial charge in [0.2, 0.25) is 0 Å². The van der Waals surface area contributed by atoms with Crippen molar-refractivity contribution in [3.63, 3.8) is 0 Å². The second-order valence-electron chi connectivity index (χ2n) is 8.07. The van der Waals surface area contributed by atoms with Gasteiger partial charge in [-0.1, -0.05) is 12.1 Å². The van der Waals surface area contributed by atoms with Gasteiger partial charge in [0.15, 0.2) is 5.96 Å². The molecule has 2 aromatic rings. The molecule has 6 nitrogen and oxygen atoms in total. The first kappa shape index (κ1) is 21.1. The minimum atomic E-state index is 0.415. The van der Waals surface area contributed by atoms with E-state index in [1.54, 1.807) is 0 Å². The number of aromatic nitrogens is 1. The Bertz CT molecular complexity index is 777. The highest BCUT2D eigenvalue weighted by Gasteiger charge is 2.24. The van der Waals surface area contributed by atoms with E-state index in [1.807, 2.05) is 17.5 Å². The average molecular weight is 427 g/mol. The van der Waals surface area contributed by atoms with E-state index < -0.39 is 0 Å². The van der Waals surface area contributed by atoms with Crippen molar-refractivity contribution < 1.29 is 0 Å². The Morgan fingerprint density at radius 2 is 1.90 bits per heavy atom. The summed E-state index contributed by atoms with van der Waals surface area (Å²) >= 11 is 1.85. The summed E-state index contributed by atoms with van der Waals surface area (Å²) in [4.78, 5) is 15.9. The Hall–Kier alpha value is -2.12. The first-order valence-corrected chi connectivity index (χ1v) is 12.2. The largest absolute Gasteiger partial charge is 0.357 e. The number of hydrogen-bond donors (Lipinski definition) is 2. The molecule has 2 fully saturated rings. The SMILES string of the molecule is CCNC(=NCc1ccc(N2CCCC2)nc1)NCC(c1cccs1)N1CCCC1. The molecular formula is C23H34N6S. The van der Waals surface area contributed by atoms with Gasteiger partial charge in [-0.2, -0.15) is 0 Å². The van der Waals surface area contributed by atoms with E-state index in [2.05, 4.69) is 62.0 Å². The molecule has 0 aliphatic carbocycles. The number of guanidine groups is 1. The van der Waals surface area contributed by atoms with Gasteiger partial charge in [-0.15, -0.1) is 11.3 Å².